The zero-order chi connectivity index (χ0) is 18.1. The lowest BCUT2D eigenvalue weighted by molar-refractivity contribution is -0.137. The molecule has 2 aromatic rings. The largest absolute Gasteiger partial charge is 0.416 e. The molecule has 0 aliphatic carbocycles. The van der Waals surface area contributed by atoms with Gasteiger partial charge in [-0.1, -0.05) is 23.2 Å². The fourth-order valence-electron chi connectivity index (χ4n) is 2.10. The van der Waals surface area contributed by atoms with Gasteiger partial charge >= 0.3 is 6.18 Å². The van der Waals surface area contributed by atoms with Crippen LogP contribution in [0.3, 0.4) is 0 Å². The van der Waals surface area contributed by atoms with E-state index in [1.54, 1.807) is 6.92 Å². The SMILES string of the molecule is CCN(c1ccc(C(F)(F)F)cc1)S(=O)(=O)c1cc(Cl)ccc1Cl. The second-order valence-electron chi connectivity index (χ2n) is 4.79. The van der Waals surface area contributed by atoms with Gasteiger partial charge in [-0.15, -0.1) is 0 Å². The summed E-state index contributed by atoms with van der Waals surface area (Å²) in [6.45, 7) is 1.57. The van der Waals surface area contributed by atoms with E-state index in [1.807, 2.05) is 0 Å². The number of benzene rings is 2. The average Bonchev–Trinajstić information content (AvgIpc) is 2.49. The summed E-state index contributed by atoms with van der Waals surface area (Å²) < 4.78 is 64.4. The smallest absolute Gasteiger partial charge is 0.267 e. The van der Waals surface area contributed by atoms with Crippen molar-refractivity contribution in [3.05, 3.63) is 58.1 Å². The molecule has 9 heteroatoms. The third-order valence-electron chi connectivity index (χ3n) is 3.23. The Balaban J connectivity index is 2.49. The molecule has 0 atom stereocenters. The summed E-state index contributed by atoms with van der Waals surface area (Å²) in [6.07, 6.45) is -4.50. The van der Waals surface area contributed by atoms with Crippen LogP contribution >= 0.6 is 23.2 Å². The maximum atomic E-state index is 12.8. The number of hydrogen-bond donors (Lipinski definition) is 0. The van der Waals surface area contributed by atoms with Gasteiger partial charge < -0.3 is 0 Å². The number of sulfonamides is 1. The number of hydrogen-bond acceptors (Lipinski definition) is 2. The van der Waals surface area contributed by atoms with Crippen molar-refractivity contribution in [1.29, 1.82) is 0 Å². The molecule has 0 unspecified atom stereocenters. The summed E-state index contributed by atoms with van der Waals surface area (Å²) in [5.74, 6) is 0. The van der Waals surface area contributed by atoms with Crippen LogP contribution in [0.25, 0.3) is 0 Å². The lowest BCUT2D eigenvalue weighted by Gasteiger charge is -2.24. The molecule has 0 radical (unpaired) electrons. The average molecular weight is 398 g/mol. The molecule has 0 saturated carbocycles. The molecular formula is C15H12Cl2F3NO2S. The predicted molar refractivity (Wildman–Crippen MR) is 88.1 cm³/mol. The molecule has 3 nitrogen and oxygen atoms in total. The van der Waals surface area contributed by atoms with Gasteiger partial charge in [-0.3, -0.25) is 4.31 Å². The van der Waals surface area contributed by atoms with Gasteiger partial charge in [-0.25, -0.2) is 8.42 Å². The van der Waals surface area contributed by atoms with Crippen LogP contribution in [0.1, 0.15) is 12.5 Å². The van der Waals surface area contributed by atoms with Gasteiger partial charge in [0.2, 0.25) is 0 Å². The zero-order valence-corrected chi connectivity index (χ0v) is 14.6. The molecular weight excluding hydrogens is 386 g/mol. The Morgan fingerprint density at radius 3 is 2.12 bits per heavy atom. The summed E-state index contributed by atoms with van der Waals surface area (Å²) in [4.78, 5) is -0.210. The molecule has 0 N–H and O–H groups in total. The Morgan fingerprint density at radius 1 is 1.04 bits per heavy atom. The Morgan fingerprint density at radius 2 is 1.62 bits per heavy atom. The number of nitrogens with zero attached hydrogens (tertiary/aromatic N) is 1. The lowest BCUT2D eigenvalue weighted by atomic mass is 10.2. The van der Waals surface area contributed by atoms with Gasteiger partial charge in [0.15, 0.2) is 0 Å². The normalized spacial score (nSPS) is 12.2. The summed E-state index contributed by atoms with van der Waals surface area (Å²) in [5, 5.41) is 0.159. The van der Waals surface area contributed by atoms with Crippen molar-refractivity contribution >= 4 is 38.9 Å². The fraction of sp³-hybridized carbons (Fsp3) is 0.200. The number of alkyl halides is 3. The number of rotatable bonds is 4. The standard InChI is InChI=1S/C15H12Cl2F3NO2S/c1-2-21(12-6-3-10(4-7-12)15(18,19)20)24(22,23)14-9-11(16)5-8-13(14)17/h3-9H,2H2,1H3. The summed E-state index contributed by atoms with van der Waals surface area (Å²) in [6, 6.07) is 7.84. The van der Waals surface area contributed by atoms with Crippen LogP contribution in [-0.2, 0) is 16.2 Å². The van der Waals surface area contributed by atoms with Crippen molar-refractivity contribution in [3.8, 4) is 0 Å². The Labute approximate surface area is 147 Å². The predicted octanol–water partition coefficient (Wildman–Crippen LogP) is 5.23. The lowest BCUT2D eigenvalue weighted by Crippen LogP contribution is -2.31. The minimum absolute atomic E-state index is 0.0105. The van der Waals surface area contributed by atoms with Crippen molar-refractivity contribution in [3.63, 3.8) is 0 Å². The van der Waals surface area contributed by atoms with E-state index in [1.165, 1.54) is 18.2 Å². The Bertz CT molecular complexity index is 837. The minimum Gasteiger partial charge on any atom is -0.267 e. The zero-order valence-electron chi connectivity index (χ0n) is 12.3. The molecule has 0 aliphatic rings. The second kappa shape index (κ2) is 6.82. The highest BCUT2D eigenvalue weighted by Gasteiger charge is 2.31. The van der Waals surface area contributed by atoms with E-state index >= 15 is 0 Å². The van der Waals surface area contributed by atoms with Crippen LogP contribution in [0.5, 0.6) is 0 Å². The Hall–Kier alpha value is -1.44. The maximum Gasteiger partial charge on any atom is 0.416 e. The first-order valence-corrected chi connectivity index (χ1v) is 8.92. The summed E-state index contributed by atoms with van der Waals surface area (Å²) in [7, 11) is -4.07. The molecule has 130 valence electrons. The van der Waals surface area contributed by atoms with Gasteiger partial charge in [-0.2, -0.15) is 13.2 Å². The number of anilines is 1. The molecule has 0 heterocycles. The summed E-state index contributed by atoms with van der Waals surface area (Å²) in [5.41, 5.74) is -0.762. The van der Waals surface area contributed by atoms with E-state index in [9.17, 15) is 21.6 Å². The topological polar surface area (TPSA) is 37.4 Å². The Kier molecular flexibility index (Phi) is 5.37. The molecule has 0 spiro atoms. The first-order valence-electron chi connectivity index (χ1n) is 6.72. The van der Waals surface area contributed by atoms with Crippen molar-refractivity contribution in [2.24, 2.45) is 0 Å². The molecule has 0 saturated heterocycles. The molecule has 0 fully saturated rings. The third-order valence-corrected chi connectivity index (χ3v) is 5.85. The molecule has 0 aromatic heterocycles. The fourth-order valence-corrected chi connectivity index (χ4v) is 4.32. The van der Waals surface area contributed by atoms with Crippen LogP contribution in [0.4, 0.5) is 18.9 Å². The third kappa shape index (κ3) is 3.79. The van der Waals surface area contributed by atoms with Crippen LogP contribution in [0.2, 0.25) is 10.0 Å². The minimum atomic E-state index is -4.50. The van der Waals surface area contributed by atoms with E-state index < -0.39 is 21.8 Å². The quantitative estimate of drug-likeness (QED) is 0.708. The van der Waals surface area contributed by atoms with E-state index in [0.29, 0.717) is 0 Å². The van der Waals surface area contributed by atoms with Gasteiger partial charge in [0.05, 0.1) is 16.3 Å². The molecule has 24 heavy (non-hydrogen) atoms. The monoisotopic (exact) mass is 397 g/mol. The van der Waals surface area contributed by atoms with Gasteiger partial charge in [0, 0.05) is 11.6 Å². The molecule has 2 rings (SSSR count). The first kappa shape index (κ1) is 18.9. The molecule has 2 aromatic carbocycles. The van der Waals surface area contributed by atoms with E-state index in [-0.39, 0.29) is 27.2 Å². The second-order valence-corrected chi connectivity index (χ2v) is 7.46. The van der Waals surface area contributed by atoms with Crippen LogP contribution < -0.4 is 4.31 Å². The van der Waals surface area contributed by atoms with Gasteiger partial charge in [0.1, 0.15) is 4.90 Å². The molecule has 0 amide bonds. The highest BCUT2D eigenvalue weighted by molar-refractivity contribution is 7.93. The highest BCUT2D eigenvalue weighted by atomic mass is 35.5. The van der Waals surface area contributed by atoms with Crippen molar-refractivity contribution in [2.45, 2.75) is 18.0 Å². The highest BCUT2D eigenvalue weighted by Crippen LogP contribution is 2.33. The molecule has 0 aliphatic heterocycles. The number of halogens is 5. The van der Waals surface area contributed by atoms with E-state index in [0.717, 1.165) is 28.6 Å². The van der Waals surface area contributed by atoms with E-state index in [2.05, 4.69) is 0 Å². The van der Waals surface area contributed by atoms with Crippen LogP contribution in [0.15, 0.2) is 47.4 Å². The van der Waals surface area contributed by atoms with Gasteiger partial charge in [0.25, 0.3) is 10.0 Å². The van der Waals surface area contributed by atoms with E-state index in [4.69, 9.17) is 23.2 Å². The molecule has 0 bridgehead atoms. The van der Waals surface area contributed by atoms with Crippen molar-refractivity contribution in [1.82, 2.24) is 0 Å². The van der Waals surface area contributed by atoms with Crippen molar-refractivity contribution in [2.75, 3.05) is 10.8 Å². The van der Waals surface area contributed by atoms with Crippen LogP contribution in [-0.4, -0.2) is 15.0 Å². The first-order chi connectivity index (χ1) is 11.1. The van der Waals surface area contributed by atoms with Gasteiger partial charge in [-0.05, 0) is 49.4 Å². The van der Waals surface area contributed by atoms with Crippen LogP contribution in [0, 0.1) is 0 Å². The summed E-state index contributed by atoms with van der Waals surface area (Å²) >= 11 is 11.8. The maximum absolute atomic E-state index is 12.8. The van der Waals surface area contributed by atoms with Crippen molar-refractivity contribution < 1.29 is 21.6 Å².